The number of aromatic nitrogens is 2. The number of rotatable bonds is 5. The quantitative estimate of drug-likeness (QED) is 0.884. The molecular formula is C18H26FN5. The number of hydrogen-bond acceptors (Lipinski definition) is 4. The number of nitrogens with zero attached hydrogens (tertiary/aromatic N) is 3. The highest BCUT2D eigenvalue weighted by Crippen LogP contribution is 2.28. The summed E-state index contributed by atoms with van der Waals surface area (Å²) in [5, 5.41) is 10.5. The van der Waals surface area contributed by atoms with E-state index in [4.69, 9.17) is 0 Å². The number of halogens is 1. The van der Waals surface area contributed by atoms with Crippen molar-refractivity contribution < 1.29 is 4.39 Å². The molecule has 0 radical (unpaired) electrons. The van der Waals surface area contributed by atoms with Crippen molar-refractivity contribution in [2.24, 2.45) is 0 Å². The summed E-state index contributed by atoms with van der Waals surface area (Å²) in [6.07, 6.45) is 1.84. The standard InChI is InChI=1S/C18H26FN5/c1-13-15(12-21-22-13)11-20-14(2)17-10-16(19)4-5-18(17)24-8-6-23(3)7-9-24/h4-5,10,12,14,20H,6-9,11H2,1-3H3,(H,21,22)/t14-/m0/s1. The number of likely N-dealkylation sites (N-methyl/N-ethyl adjacent to an activating group) is 1. The van der Waals surface area contributed by atoms with Gasteiger partial charge < -0.3 is 15.1 Å². The lowest BCUT2D eigenvalue weighted by molar-refractivity contribution is 0.312. The zero-order valence-electron chi connectivity index (χ0n) is 14.6. The van der Waals surface area contributed by atoms with Crippen molar-refractivity contribution in [2.75, 3.05) is 38.1 Å². The number of piperazine rings is 1. The Bertz CT molecular complexity index is 676. The minimum atomic E-state index is -0.184. The first-order valence-corrected chi connectivity index (χ1v) is 8.50. The van der Waals surface area contributed by atoms with Gasteiger partial charge in [-0.05, 0) is 44.7 Å². The first-order valence-electron chi connectivity index (χ1n) is 8.50. The van der Waals surface area contributed by atoms with Crippen molar-refractivity contribution in [3.63, 3.8) is 0 Å². The third kappa shape index (κ3) is 3.76. The van der Waals surface area contributed by atoms with Gasteiger partial charge in [-0.2, -0.15) is 5.10 Å². The lowest BCUT2D eigenvalue weighted by Gasteiger charge is -2.36. The molecule has 1 aromatic heterocycles. The molecule has 0 aliphatic carbocycles. The number of anilines is 1. The van der Waals surface area contributed by atoms with E-state index in [1.54, 1.807) is 12.1 Å². The molecule has 1 aromatic carbocycles. The zero-order valence-corrected chi connectivity index (χ0v) is 14.6. The maximum Gasteiger partial charge on any atom is 0.123 e. The van der Waals surface area contributed by atoms with E-state index in [2.05, 4.69) is 39.3 Å². The van der Waals surface area contributed by atoms with Crippen molar-refractivity contribution in [3.05, 3.63) is 47.0 Å². The first-order chi connectivity index (χ1) is 11.5. The molecular weight excluding hydrogens is 305 g/mol. The predicted octanol–water partition coefficient (Wildman–Crippen LogP) is 2.46. The topological polar surface area (TPSA) is 47.2 Å². The monoisotopic (exact) mass is 331 g/mol. The largest absolute Gasteiger partial charge is 0.369 e. The second-order valence-electron chi connectivity index (χ2n) is 6.62. The molecule has 5 nitrogen and oxygen atoms in total. The molecule has 2 aromatic rings. The average Bonchev–Trinajstić information content (AvgIpc) is 2.98. The summed E-state index contributed by atoms with van der Waals surface area (Å²) >= 11 is 0. The maximum atomic E-state index is 13.8. The predicted molar refractivity (Wildman–Crippen MR) is 94.7 cm³/mol. The van der Waals surface area contributed by atoms with Crippen LogP contribution in [0, 0.1) is 12.7 Å². The van der Waals surface area contributed by atoms with E-state index in [9.17, 15) is 4.39 Å². The smallest absolute Gasteiger partial charge is 0.123 e. The lowest BCUT2D eigenvalue weighted by Crippen LogP contribution is -2.45. The summed E-state index contributed by atoms with van der Waals surface area (Å²) in [6.45, 7) is 8.82. The van der Waals surface area contributed by atoms with Gasteiger partial charge in [0.2, 0.25) is 0 Å². The number of benzene rings is 1. The minimum absolute atomic E-state index is 0.0599. The SMILES string of the molecule is Cc1[nH]ncc1CN[C@@H](C)c1cc(F)ccc1N1CCN(C)CC1. The molecule has 0 unspecified atom stereocenters. The highest BCUT2D eigenvalue weighted by atomic mass is 19.1. The summed E-state index contributed by atoms with van der Waals surface area (Å²) in [6, 6.07) is 5.19. The third-order valence-electron chi connectivity index (χ3n) is 4.83. The van der Waals surface area contributed by atoms with Crippen LogP contribution in [0.15, 0.2) is 24.4 Å². The van der Waals surface area contributed by atoms with Crippen molar-refractivity contribution in [1.82, 2.24) is 20.4 Å². The summed E-state index contributed by atoms with van der Waals surface area (Å²) in [4.78, 5) is 4.68. The van der Waals surface area contributed by atoms with Crippen LogP contribution in [-0.4, -0.2) is 48.3 Å². The first kappa shape index (κ1) is 16.9. The molecule has 130 valence electrons. The number of hydrogen-bond donors (Lipinski definition) is 2. The van der Waals surface area contributed by atoms with Gasteiger partial charge in [0.15, 0.2) is 0 Å². The molecule has 1 aliphatic rings. The van der Waals surface area contributed by atoms with E-state index in [1.807, 2.05) is 19.2 Å². The van der Waals surface area contributed by atoms with Crippen molar-refractivity contribution in [2.45, 2.75) is 26.4 Å². The van der Waals surface area contributed by atoms with Gasteiger partial charge in [-0.3, -0.25) is 5.10 Å². The van der Waals surface area contributed by atoms with Gasteiger partial charge in [0, 0.05) is 55.7 Å². The number of aromatic amines is 1. The van der Waals surface area contributed by atoms with Gasteiger partial charge in [0.05, 0.1) is 6.20 Å². The second kappa shape index (κ2) is 7.32. The van der Waals surface area contributed by atoms with Crippen LogP contribution in [0.4, 0.5) is 10.1 Å². The van der Waals surface area contributed by atoms with E-state index in [0.29, 0.717) is 6.54 Å². The Labute approximate surface area is 142 Å². The molecule has 0 bridgehead atoms. The van der Waals surface area contributed by atoms with E-state index in [-0.39, 0.29) is 11.9 Å². The Hall–Kier alpha value is -1.92. The van der Waals surface area contributed by atoms with Gasteiger partial charge in [0.1, 0.15) is 5.82 Å². The molecule has 2 heterocycles. The average molecular weight is 331 g/mol. The van der Waals surface area contributed by atoms with Gasteiger partial charge in [0.25, 0.3) is 0 Å². The molecule has 3 rings (SSSR count). The van der Waals surface area contributed by atoms with Crippen LogP contribution < -0.4 is 10.2 Å². The molecule has 0 saturated carbocycles. The highest BCUT2D eigenvalue weighted by molar-refractivity contribution is 5.55. The van der Waals surface area contributed by atoms with Crippen LogP contribution in [0.2, 0.25) is 0 Å². The normalized spacial score (nSPS) is 17.2. The summed E-state index contributed by atoms with van der Waals surface area (Å²) < 4.78 is 13.8. The molecule has 6 heteroatoms. The molecule has 1 aliphatic heterocycles. The number of aryl methyl sites for hydroxylation is 1. The Morgan fingerprint density at radius 3 is 2.71 bits per heavy atom. The lowest BCUT2D eigenvalue weighted by atomic mass is 10.0. The zero-order chi connectivity index (χ0) is 17.1. The molecule has 24 heavy (non-hydrogen) atoms. The molecule has 2 N–H and O–H groups in total. The summed E-state index contributed by atoms with van der Waals surface area (Å²) in [5.74, 6) is -0.184. The van der Waals surface area contributed by atoms with Gasteiger partial charge in [-0.25, -0.2) is 4.39 Å². The van der Waals surface area contributed by atoms with Gasteiger partial charge in [-0.1, -0.05) is 0 Å². The van der Waals surface area contributed by atoms with Crippen molar-refractivity contribution in [1.29, 1.82) is 0 Å². The van der Waals surface area contributed by atoms with Crippen LogP contribution in [0.1, 0.15) is 29.8 Å². The van der Waals surface area contributed by atoms with E-state index < -0.39 is 0 Å². The molecule has 1 fully saturated rings. The molecule has 0 amide bonds. The highest BCUT2D eigenvalue weighted by Gasteiger charge is 2.20. The van der Waals surface area contributed by atoms with Crippen molar-refractivity contribution in [3.8, 4) is 0 Å². The second-order valence-corrected chi connectivity index (χ2v) is 6.62. The van der Waals surface area contributed by atoms with Crippen LogP contribution in [-0.2, 0) is 6.54 Å². The number of H-pyrrole nitrogens is 1. The summed E-state index contributed by atoms with van der Waals surface area (Å²) in [7, 11) is 2.14. The van der Waals surface area contributed by atoms with Crippen LogP contribution >= 0.6 is 0 Å². The molecule has 0 spiro atoms. The van der Waals surface area contributed by atoms with E-state index in [0.717, 1.165) is 48.7 Å². The van der Waals surface area contributed by atoms with E-state index >= 15 is 0 Å². The Balaban J connectivity index is 1.75. The molecule has 1 atom stereocenters. The number of nitrogens with one attached hydrogen (secondary N) is 2. The van der Waals surface area contributed by atoms with Gasteiger partial charge >= 0.3 is 0 Å². The van der Waals surface area contributed by atoms with Gasteiger partial charge in [-0.15, -0.1) is 0 Å². The summed E-state index contributed by atoms with van der Waals surface area (Å²) in [5.41, 5.74) is 4.35. The van der Waals surface area contributed by atoms with E-state index in [1.165, 1.54) is 0 Å². The van der Waals surface area contributed by atoms with Crippen LogP contribution in [0.5, 0.6) is 0 Å². The maximum absolute atomic E-state index is 13.8. The third-order valence-corrected chi connectivity index (χ3v) is 4.83. The Morgan fingerprint density at radius 2 is 2.04 bits per heavy atom. The fourth-order valence-electron chi connectivity index (χ4n) is 3.13. The Kier molecular flexibility index (Phi) is 5.16. The van der Waals surface area contributed by atoms with Crippen molar-refractivity contribution >= 4 is 5.69 Å². The minimum Gasteiger partial charge on any atom is -0.369 e. The van der Waals surface area contributed by atoms with Crippen LogP contribution in [0.3, 0.4) is 0 Å². The fourth-order valence-corrected chi connectivity index (χ4v) is 3.13. The fraction of sp³-hybridized carbons (Fsp3) is 0.500. The molecule has 1 saturated heterocycles. The Morgan fingerprint density at radius 1 is 1.29 bits per heavy atom. The van der Waals surface area contributed by atoms with Crippen LogP contribution in [0.25, 0.3) is 0 Å².